The van der Waals surface area contributed by atoms with Crippen LogP contribution in [0.2, 0.25) is 0 Å². The molecule has 1 aromatic heterocycles. The fourth-order valence-corrected chi connectivity index (χ4v) is 2.37. The van der Waals surface area contributed by atoms with Gasteiger partial charge in [0.15, 0.2) is 5.69 Å². The Morgan fingerprint density at radius 1 is 1.14 bits per heavy atom. The molecule has 0 radical (unpaired) electrons. The fourth-order valence-electron chi connectivity index (χ4n) is 2.10. The standard InChI is InChI=1S/C16H10BrFN2O2/c17-11-7-5-10(6-8-11)13-9-15(16(21)22)20(19-13)14-4-2-1-3-12(14)18/h1-9H,(H,21,22). The Labute approximate surface area is 134 Å². The van der Waals surface area contributed by atoms with E-state index >= 15 is 0 Å². The molecule has 0 atom stereocenters. The monoisotopic (exact) mass is 360 g/mol. The summed E-state index contributed by atoms with van der Waals surface area (Å²) in [5.74, 6) is -1.70. The third-order valence-electron chi connectivity index (χ3n) is 3.15. The van der Waals surface area contributed by atoms with Crippen LogP contribution in [0.4, 0.5) is 4.39 Å². The number of nitrogens with zero attached hydrogens (tertiary/aromatic N) is 2. The maximum Gasteiger partial charge on any atom is 0.354 e. The van der Waals surface area contributed by atoms with Gasteiger partial charge in [-0.1, -0.05) is 40.2 Å². The van der Waals surface area contributed by atoms with E-state index in [9.17, 15) is 14.3 Å². The van der Waals surface area contributed by atoms with Crippen molar-refractivity contribution in [2.45, 2.75) is 0 Å². The molecule has 3 rings (SSSR count). The molecule has 0 aliphatic heterocycles. The highest BCUT2D eigenvalue weighted by molar-refractivity contribution is 9.10. The second-order valence-electron chi connectivity index (χ2n) is 4.59. The highest BCUT2D eigenvalue weighted by Crippen LogP contribution is 2.24. The van der Waals surface area contributed by atoms with Gasteiger partial charge in [-0.05, 0) is 30.3 Å². The van der Waals surface area contributed by atoms with Gasteiger partial charge in [0.1, 0.15) is 11.5 Å². The maximum absolute atomic E-state index is 13.9. The molecule has 6 heteroatoms. The summed E-state index contributed by atoms with van der Waals surface area (Å²) in [6, 6.07) is 14.6. The number of aromatic carboxylic acids is 1. The van der Waals surface area contributed by atoms with E-state index in [4.69, 9.17) is 0 Å². The Morgan fingerprint density at radius 2 is 1.82 bits per heavy atom. The molecule has 0 fully saturated rings. The minimum Gasteiger partial charge on any atom is -0.477 e. The molecule has 1 heterocycles. The molecule has 3 aromatic rings. The largest absolute Gasteiger partial charge is 0.477 e. The average molecular weight is 361 g/mol. The van der Waals surface area contributed by atoms with Crippen molar-refractivity contribution in [2.24, 2.45) is 0 Å². The number of hydrogen-bond acceptors (Lipinski definition) is 2. The van der Waals surface area contributed by atoms with Gasteiger partial charge < -0.3 is 5.11 Å². The number of carbonyl (C=O) groups is 1. The summed E-state index contributed by atoms with van der Waals surface area (Å²) in [6.07, 6.45) is 0. The third kappa shape index (κ3) is 2.65. The number of aromatic nitrogens is 2. The van der Waals surface area contributed by atoms with E-state index in [0.717, 1.165) is 14.7 Å². The summed E-state index contributed by atoms with van der Waals surface area (Å²) in [4.78, 5) is 11.4. The normalized spacial score (nSPS) is 10.6. The predicted molar refractivity (Wildman–Crippen MR) is 83.6 cm³/mol. The van der Waals surface area contributed by atoms with Crippen LogP contribution in [-0.2, 0) is 0 Å². The zero-order chi connectivity index (χ0) is 15.7. The van der Waals surface area contributed by atoms with Crippen LogP contribution in [0.3, 0.4) is 0 Å². The van der Waals surface area contributed by atoms with E-state index in [2.05, 4.69) is 21.0 Å². The van der Waals surface area contributed by atoms with Crippen molar-refractivity contribution in [3.63, 3.8) is 0 Å². The van der Waals surface area contributed by atoms with Crippen molar-refractivity contribution in [1.29, 1.82) is 0 Å². The van der Waals surface area contributed by atoms with Crippen LogP contribution in [0.1, 0.15) is 10.5 Å². The van der Waals surface area contributed by atoms with Crippen molar-refractivity contribution in [3.8, 4) is 16.9 Å². The van der Waals surface area contributed by atoms with Crippen LogP contribution in [-0.4, -0.2) is 20.9 Å². The molecule has 0 saturated carbocycles. The van der Waals surface area contributed by atoms with Crippen molar-refractivity contribution in [2.75, 3.05) is 0 Å². The van der Waals surface area contributed by atoms with Crippen LogP contribution in [0.5, 0.6) is 0 Å². The van der Waals surface area contributed by atoms with Crippen LogP contribution >= 0.6 is 15.9 Å². The van der Waals surface area contributed by atoms with Crippen molar-refractivity contribution in [1.82, 2.24) is 9.78 Å². The Hall–Kier alpha value is -2.47. The van der Waals surface area contributed by atoms with Crippen LogP contribution in [0.15, 0.2) is 59.1 Å². The van der Waals surface area contributed by atoms with Crippen molar-refractivity contribution < 1.29 is 14.3 Å². The summed E-state index contributed by atoms with van der Waals surface area (Å²) < 4.78 is 15.9. The molecule has 2 aromatic carbocycles. The number of rotatable bonds is 3. The topological polar surface area (TPSA) is 55.1 Å². The first-order valence-corrected chi connectivity index (χ1v) is 7.20. The summed E-state index contributed by atoms with van der Waals surface area (Å²) in [7, 11) is 0. The number of benzene rings is 2. The summed E-state index contributed by atoms with van der Waals surface area (Å²) >= 11 is 3.34. The third-order valence-corrected chi connectivity index (χ3v) is 3.68. The van der Waals surface area contributed by atoms with Gasteiger partial charge in [-0.25, -0.2) is 13.9 Å². The molecule has 1 N–H and O–H groups in total. The van der Waals surface area contributed by atoms with Crippen molar-refractivity contribution >= 4 is 21.9 Å². The van der Waals surface area contributed by atoms with Crippen LogP contribution in [0.25, 0.3) is 16.9 Å². The molecular formula is C16H10BrFN2O2. The lowest BCUT2D eigenvalue weighted by Gasteiger charge is -2.05. The average Bonchev–Trinajstić information content (AvgIpc) is 2.93. The number of carboxylic acid groups (broad SMARTS) is 1. The summed E-state index contributed by atoms with van der Waals surface area (Å²) in [5, 5.41) is 13.6. The van der Waals surface area contributed by atoms with Crippen LogP contribution in [0, 0.1) is 5.82 Å². The lowest BCUT2D eigenvalue weighted by atomic mass is 10.1. The summed E-state index contributed by atoms with van der Waals surface area (Å²) in [5.41, 5.74) is 1.22. The Morgan fingerprint density at radius 3 is 2.45 bits per heavy atom. The van der Waals surface area contributed by atoms with E-state index in [1.54, 1.807) is 12.1 Å². The van der Waals surface area contributed by atoms with E-state index in [0.29, 0.717) is 5.69 Å². The number of halogens is 2. The smallest absolute Gasteiger partial charge is 0.354 e. The molecule has 0 amide bonds. The zero-order valence-electron chi connectivity index (χ0n) is 11.2. The van der Waals surface area contributed by atoms with E-state index in [1.807, 2.05) is 24.3 Å². The molecule has 0 unspecified atom stereocenters. The molecule has 0 aliphatic carbocycles. The molecule has 110 valence electrons. The van der Waals surface area contributed by atoms with Gasteiger partial charge in [0.05, 0.1) is 5.69 Å². The van der Waals surface area contributed by atoms with E-state index in [-0.39, 0.29) is 11.4 Å². The van der Waals surface area contributed by atoms with Crippen molar-refractivity contribution in [3.05, 3.63) is 70.6 Å². The number of hydrogen-bond donors (Lipinski definition) is 1. The first kappa shape index (κ1) is 14.5. The molecule has 22 heavy (non-hydrogen) atoms. The first-order chi connectivity index (χ1) is 10.6. The molecule has 4 nitrogen and oxygen atoms in total. The highest BCUT2D eigenvalue weighted by atomic mass is 79.9. The Bertz CT molecular complexity index is 844. The van der Waals surface area contributed by atoms with Gasteiger partial charge in [-0.3, -0.25) is 0 Å². The number of carboxylic acids is 1. The SMILES string of the molecule is O=C(O)c1cc(-c2ccc(Br)cc2)nn1-c1ccccc1F. The van der Waals surface area contributed by atoms with Gasteiger partial charge in [0.2, 0.25) is 0 Å². The Balaban J connectivity index is 2.17. The molecule has 0 aliphatic rings. The minimum absolute atomic E-state index is 0.0944. The van der Waals surface area contributed by atoms with Gasteiger partial charge in [-0.15, -0.1) is 0 Å². The van der Waals surface area contributed by atoms with Gasteiger partial charge in [-0.2, -0.15) is 5.10 Å². The quantitative estimate of drug-likeness (QED) is 0.763. The lowest BCUT2D eigenvalue weighted by Crippen LogP contribution is -2.09. The zero-order valence-corrected chi connectivity index (χ0v) is 12.8. The van der Waals surface area contributed by atoms with E-state index < -0.39 is 11.8 Å². The van der Waals surface area contributed by atoms with Crippen LogP contribution < -0.4 is 0 Å². The first-order valence-electron chi connectivity index (χ1n) is 6.40. The Kier molecular flexibility index (Phi) is 3.77. The van der Waals surface area contributed by atoms with Gasteiger partial charge in [0, 0.05) is 10.0 Å². The maximum atomic E-state index is 13.9. The van der Waals surface area contributed by atoms with Gasteiger partial charge >= 0.3 is 5.97 Å². The second-order valence-corrected chi connectivity index (χ2v) is 5.51. The molecule has 0 bridgehead atoms. The fraction of sp³-hybridized carbons (Fsp3) is 0. The highest BCUT2D eigenvalue weighted by Gasteiger charge is 2.18. The molecule has 0 spiro atoms. The summed E-state index contributed by atoms with van der Waals surface area (Å²) in [6.45, 7) is 0. The van der Waals surface area contributed by atoms with Gasteiger partial charge in [0.25, 0.3) is 0 Å². The van der Waals surface area contributed by atoms with E-state index in [1.165, 1.54) is 18.2 Å². The lowest BCUT2D eigenvalue weighted by molar-refractivity contribution is 0.0687. The number of para-hydroxylation sites is 1. The minimum atomic E-state index is -1.17. The molecular weight excluding hydrogens is 351 g/mol. The molecule has 0 saturated heterocycles. The second kappa shape index (κ2) is 5.73. The predicted octanol–water partition coefficient (Wildman–Crippen LogP) is 4.14.